The van der Waals surface area contributed by atoms with E-state index in [0.29, 0.717) is 23.1 Å². The maximum atomic E-state index is 12.4. The summed E-state index contributed by atoms with van der Waals surface area (Å²) in [6, 6.07) is 14.9. The molecule has 0 atom stereocenters. The lowest BCUT2D eigenvalue weighted by atomic mass is 10.1. The van der Waals surface area contributed by atoms with Crippen molar-refractivity contribution in [2.75, 3.05) is 26.6 Å². The van der Waals surface area contributed by atoms with Crippen molar-refractivity contribution in [3.8, 4) is 22.9 Å². The molecule has 1 aromatic heterocycles. The molecular weight excluding hydrogens is 346 g/mol. The van der Waals surface area contributed by atoms with Crippen molar-refractivity contribution in [3.63, 3.8) is 0 Å². The van der Waals surface area contributed by atoms with Gasteiger partial charge >= 0.3 is 0 Å². The number of hydrogen-bond donors (Lipinski definition) is 1. The quantitative estimate of drug-likeness (QED) is 0.695. The first-order chi connectivity index (χ1) is 13.1. The van der Waals surface area contributed by atoms with Gasteiger partial charge in [-0.05, 0) is 29.8 Å². The Balaban J connectivity index is 1.72. The molecule has 27 heavy (non-hydrogen) atoms. The molecular formula is C20H21N3O4. The number of anilines is 1. The summed E-state index contributed by atoms with van der Waals surface area (Å²) in [6.45, 7) is 0. The van der Waals surface area contributed by atoms with E-state index < -0.39 is 0 Å². The van der Waals surface area contributed by atoms with Gasteiger partial charge in [-0.15, -0.1) is 0 Å². The highest BCUT2D eigenvalue weighted by atomic mass is 16.5. The highest BCUT2D eigenvalue weighted by molar-refractivity contribution is 5.91. The maximum absolute atomic E-state index is 12.4. The number of nitrogens with zero attached hydrogens (tertiary/aromatic N) is 2. The van der Waals surface area contributed by atoms with Crippen molar-refractivity contribution >= 4 is 11.7 Å². The highest BCUT2D eigenvalue weighted by Gasteiger charge is 2.15. The molecule has 0 unspecified atom stereocenters. The van der Waals surface area contributed by atoms with Gasteiger partial charge < -0.3 is 19.5 Å². The van der Waals surface area contributed by atoms with E-state index in [2.05, 4.69) is 10.4 Å². The molecule has 0 radical (unpaired) electrons. The van der Waals surface area contributed by atoms with E-state index in [9.17, 15) is 4.79 Å². The van der Waals surface area contributed by atoms with Gasteiger partial charge in [0, 0.05) is 12.3 Å². The Labute approximate surface area is 157 Å². The molecule has 1 N–H and O–H groups in total. The van der Waals surface area contributed by atoms with Crippen LogP contribution in [-0.4, -0.2) is 37.0 Å². The van der Waals surface area contributed by atoms with Crippen LogP contribution in [0.5, 0.6) is 17.2 Å². The molecule has 0 aliphatic rings. The minimum absolute atomic E-state index is 0.148. The van der Waals surface area contributed by atoms with Crippen LogP contribution in [0.3, 0.4) is 0 Å². The number of methoxy groups -OCH3 is 3. The smallest absolute Gasteiger partial charge is 0.229 e. The number of rotatable bonds is 7. The van der Waals surface area contributed by atoms with Gasteiger partial charge in [-0.25, -0.2) is 4.68 Å². The lowest BCUT2D eigenvalue weighted by Gasteiger charge is -2.14. The number of ether oxygens (including phenoxy) is 3. The third kappa shape index (κ3) is 4.20. The summed E-state index contributed by atoms with van der Waals surface area (Å²) >= 11 is 0. The Morgan fingerprint density at radius 2 is 1.67 bits per heavy atom. The van der Waals surface area contributed by atoms with Crippen LogP contribution in [0, 0.1) is 0 Å². The summed E-state index contributed by atoms with van der Waals surface area (Å²) in [5.74, 6) is 1.80. The fourth-order valence-electron chi connectivity index (χ4n) is 2.73. The minimum atomic E-state index is -0.192. The number of para-hydroxylation sites is 1. The molecule has 7 heteroatoms. The van der Waals surface area contributed by atoms with Crippen molar-refractivity contribution in [2.45, 2.75) is 6.42 Å². The largest absolute Gasteiger partial charge is 0.493 e. The second-order valence-electron chi connectivity index (χ2n) is 5.74. The standard InChI is InChI=1S/C20H21N3O4/c1-25-16-11-14(12-17(26-2)20(16)27-3)13-19(24)21-18-9-10-23(22-18)15-7-5-4-6-8-15/h4-12H,13H2,1-3H3,(H,21,22,24). The van der Waals surface area contributed by atoms with E-state index in [4.69, 9.17) is 14.2 Å². The summed E-state index contributed by atoms with van der Waals surface area (Å²) in [5, 5.41) is 7.17. The Hall–Kier alpha value is -3.48. The maximum Gasteiger partial charge on any atom is 0.229 e. The predicted octanol–water partition coefficient (Wildman–Crippen LogP) is 3.08. The van der Waals surface area contributed by atoms with Crippen LogP contribution in [-0.2, 0) is 11.2 Å². The van der Waals surface area contributed by atoms with E-state index in [1.165, 1.54) is 21.3 Å². The van der Waals surface area contributed by atoms with Gasteiger partial charge in [0.15, 0.2) is 17.3 Å². The first-order valence-electron chi connectivity index (χ1n) is 8.34. The molecule has 0 aliphatic heterocycles. The molecule has 7 nitrogen and oxygen atoms in total. The average Bonchev–Trinajstić information content (AvgIpc) is 3.16. The second-order valence-corrected chi connectivity index (χ2v) is 5.74. The van der Waals surface area contributed by atoms with Gasteiger partial charge in [-0.2, -0.15) is 5.10 Å². The summed E-state index contributed by atoms with van der Waals surface area (Å²) < 4.78 is 17.6. The van der Waals surface area contributed by atoms with Crippen LogP contribution in [0.15, 0.2) is 54.7 Å². The number of benzene rings is 2. The Morgan fingerprint density at radius 3 is 2.26 bits per heavy atom. The zero-order valence-electron chi connectivity index (χ0n) is 15.4. The predicted molar refractivity (Wildman–Crippen MR) is 102 cm³/mol. The van der Waals surface area contributed by atoms with Gasteiger partial charge in [-0.1, -0.05) is 18.2 Å². The topological polar surface area (TPSA) is 74.6 Å². The number of hydrogen-bond acceptors (Lipinski definition) is 5. The van der Waals surface area contributed by atoms with Crippen LogP contribution in [0.2, 0.25) is 0 Å². The molecule has 2 aromatic carbocycles. The number of aromatic nitrogens is 2. The average molecular weight is 367 g/mol. The lowest BCUT2D eigenvalue weighted by molar-refractivity contribution is -0.115. The summed E-state index contributed by atoms with van der Waals surface area (Å²) in [5.41, 5.74) is 1.66. The van der Waals surface area contributed by atoms with Crippen molar-refractivity contribution < 1.29 is 19.0 Å². The molecule has 0 fully saturated rings. The van der Waals surface area contributed by atoms with E-state index in [0.717, 1.165) is 11.3 Å². The normalized spacial score (nSPS) is 10.3. The summed E-state index contributed by atoms with van der Waals surface area (Å²) in [4.78, 5) is 12.4. The molecule has 1 heterocycles. The Morgan fingerprint density at radius 1 is 1.00 bits per heavy atom. The van der Waals surface area contributed by atoms with Crippen molar-refractivity contribution in [3.05, 3.63) is 60.3 Å². The zero-order valence-corrected chi connectivity index (χ0v) is 15.4. The lowest BCUT2D eigenvalue weighted by Crippen LogP contribution is -2.15. The molecule has 140 valence electrons. The van der Waals surface area contributed by atoms with Crippen molar-refractivity contribution in [2.24, 2.45) is 0 Å². The number of carbonyl (C=O) groups is 1. The molecule has 1 amide bonds. The summed E-state index contributed by atoms with van der Waals surface area (Å²) in [6.07, 6.45) is 1.94. The number of nitrogens with one attached hydrogen (secondary N) is 1. The zero-order chi connectivity index (χ0) is 19.2. The van der Waals surface area contributed by atoms with Crippen molar-refractivity contribution in [1.29, 1.82) is 0 Å². The third-order valence-corrected chi connectivity index (χ3v) is 3.97. The van der Waals surface area contributed by atoms with Crippen molar-refractivity contribution in [1.82, 2.24) is 9.78 Å². The first kappa shape index (κ1) is 18.3. The number of amides is 1. The minimum Gasteiger partial charge on any atom is -0.493 e. The van der Waals surface area contributed by atoms with Gasteiger partial charge in [0.1, 0.15) is 0 Å². The third-order valence-electron chi connectivity index (χ3n) is 3.97. The molecule has 3 aromatic rings. The first-order valence-corrected chi connectivity index (χ1v) is 8.34. The monoisotopic (exact) mass is 367 g/mol. The molecule has 0 saturated carbocycles. The van der Waals surface area contributed by atoms with Gasteiger partial charge in [0.2, 0.25) is 11.7 Å². The van der Waals surface area contributed by atoms with Crippen LogP contribution in [0.25, 0.3) is 5.69 Å². The van der Waals surface area contributed by atoms with E-state index >= 15 is 0 Å². The van der Waals surface area contributed by atoms with Crippen LogP contribution >= 0.6 is 0 Å². The highest BCUT2D eigenvalue weighted by Crippen LogP contribution is 2.38. The van der Waals surface area contributed by atoms with Gasteiger partial charge in [-0.3, -0.25) is 4.79 Å². The van der Waals surface area contributed by atoms with Gasteiger partial charge in [0.05, 0.1) is 33.4 Å². The van der Waals surface area contributed by atoms with E-state index in [-0.39, 0.29) is 12.3 Å². The van der Waals surface area contributed by atoms with E-state index in [1.54, 1.807) is 29.1 Å². The van der Waals surface area contributed by atoms with Gasteiger partial charge in [0.25, 0.3) is 0 Å². The second kappa shape index (κ2) is 8.27. The molecule has 3 rings (SSSR count). The molecule has 0 aliphatic carbocycles. The Kier molecular flexibility index (Phi) is 5.61. The fraction of sp³-hybridized carbons (Fsp3) is 0.200. The molecule has 0 spiro atoms. The molecule has 0 saturated heterocycles. The summed E-state index contributed by atoms with van der Waals surface area (Å²) in [7, 11) is 4.62. The van der Waals surface area contributed by atoms with Crippen LogP contribution < -0.4 is 19.5 Å². The van der Waals surface area contributed by atoms with E-state index in [1.807, 2.05) is 30.3 Å². The molecule has 0 bridgehead atoms. The SMILES string of the molecule is COc1cc(CC(=O)Nc2ccn(-c3ccccc3)n2)cc(OC)c1OC. The van der Waals surface area contributed by atoms with Crippen LogP contribution in [0.4, 0.5) is 5.82 Å². The van der Waals surface area contributed by atoms with Crippen LogP contribution in [0.1, 0.15) is 5.56 Å². The number of carbonyl (C=O) groups excluding carboxylic acids is 1. The fourth-order valence-corrected chi connectivity index (χ4v) is 2.73. The Bertz CT molecular complexity index is 897.